The molecule has 2 rings (SSSR count). The number of carboxylic acid groups (broad SMARTS) is 1. The minimum atomic E-state index is -1.47. The van der Waals surface area contributed by atoms with E-state index in [-0.39, 0.29) is 5.56 Å². The molecular weight excluding hydrogens is 228 g/mol. The van der Waals surface area contributed by atoms with Gasteiger partial charge in [-0.15, -0.1) is 0 Å². The van der Waals surface area contributed by atoms with Gasteiger partial charge >= 0.3 is 5.97 Å². The number of carbonyl (C=O) groups is 2. The van der Waals surface area contributed by atoms with Gasteiger partial charge in [-0.25, -0.2) is 4.79 Å². The first-order chi connectivity index (χ1) is 7.41. The molecule has 0 fully saturated rings. The van der Waals surface area contributed by atoms with Gasteiger partial charge in [-0.1, -0.05) is 17.8 Å². The summed E-state index contributed by atoms with van der Waals surface area (Å²) >= 11 is 1.47. The van der Waals surface area contributed by atoms with Gasteiger partial charge < -0.3 is 9.84 Å². The van der Waals surface area contributed by atoms with Crippen molar-refractivity contribution in [3.63, 3.8) is 0 Å². The molecule has 0 radical (unpaired) electrons. The summed E-state index contributed by atoms with van der Waals surface area (Å²) in [5.74, 6) is -2.02. The number of rotatable bonds is 2. The lowest BCUT2D eigenvalue weighted by atomic mass is 10.1. The van der Waals surface area contributed by atoms with Crippen molar-refractivity contribution in [2.24, 2.45) is 0 Å². The summed E-state index contributed by atoms with van der Waals surface area (Å²) in [4.78, 5) is 22.4. The standard InChI is InChI=1S/C11H10O4S/c1-11(2)15-9-6(8(12)10(13)14)4-3-5-7(9)16-11/h3-5H,1-2H3,(H,13,14). The molecule has 1 heterocycles. The molecule has 16 heavy (non-hydrogen) atoms. The minimum Gasteiger partial charge on any atom is -0.475 e. The molecule has 1 aromatic rings. The third kappa shape index (κ3) is 1.78. The second-order valence-electron chi connectivity index (χ2n) is 3.87. The van der Waals surface area contributed by atoms with Crippen LogP contribution in [0.5, 0.6) is 5.75 Å². The Morgan fingerprint density at radius 2 is 2.06 bits per heavy atom. The number of para-hydroxylation sites is 1. The van der Waals surface area contributed by atoms with E-state index in [1.165, 1.54) is 17.8 Å². The molecular formula is C11H10O4S. The molecule has 1 N–H and O–H groups in total. The van der Waals surface area contributed by atoms with Crippen molar-refractivity contribution in [1.29, 1.82) is 0 Å². The number of ketones is 1. The van der Waals surface area contributed by atoms with Crippen LogP contribution in [0.3, 0.4) is 0 Å². The monoisotopic (exact) mass is 238 g/mol. The van der Waals surface area contributed by atoms with Gasteiger partial charge in [-0.2, -0.15) is 0 Å². The number of carbonyl (C=O) groups excluding carboxylic acids is 1. The van der Waals surface area contributed by atoms with Crippen LogP contribution in [0, 0.1) is 0 Å². The molecule has 0 saturated heterocycles. The molecule has 0 aromatic heterocycles. The van der Waals surface area contributed by atoms with Crippen LogP contribution < -0.4 is 4.74 Å². The lowest BCUT2D eigenvalue weighted by Crippen LogP contribution is -2.20. The predicted molar refractivity (Wildman–Crippen MR) is 59.0 cm³/mol. The second kappa shape index (κ2) is 3.52. The summed E-state index contributed by atoms with van der Waals surface area (Å²) in [6.07, 6.45) is 0. The zero-order valence-electron chi connectivity index (χ0n) is 8.81. The van der Waals surface area contributed by atoms with E-state index in [4.69, 9.17) is 9.84 Å². The maximum atomic E-state index is 11.4. The summed E-state index contributed by atoms with van der Waals surface area (Å²) < 4.78 is 5.58. The van der Waals surface area contributed by atoms with Crippen LogP contribution in [-0.4, -0.2) is 21.8 Å². The number of aliphatic carboxylic acids is 1. The van der Waals surface area contributed by atoms with Crippen LogP contribution in [0.15, 0.2) is 23.1 Å². The number of hydrogen-bond acceptors (Lipinski definition) is 4. The van der Waals surface area contributed by atoms with Crippen molar-refractivity contribution in [2.75, 3.05) is 0 Å². The first kappa shape index (κ1) is 11.0. The largest absolute Gasteiger partial charge is 0.475 e. The maximum Gasteiger partial charge on any atom is 0.377 e. The molecule has 1 aliphatic rings. The Bertz CT molecular complexity index is 479. The molecule has 0 amide bonds. The van der Waals surface area contributed by atoms with E-state index < -0.39 is 16.7 Å². The Balaban J connectivity index is 2.49. The molecule has 84 valence electrons. The summed E-state index contributed by atoms with van der Waals surface area (Å²) in [6.45, 7) is 3.74. The zero-order chi connectivity index (χ0) is 11.9. The van der Waals surface area contributed by atoms with E-state index in [1.54, 1.807) is 6.07 Å². The van der Waals surface area contributed by atoms with Gasteiger partial charge in [0.1, 0.15) is 5.75 Å². The number of benzene rings is 1. The highest BCUT2D eigenvalue weighted by molar-refractivity contribution is 8.00. The number of carboxylic acids is 1. The number of hydrogen-bond donors (Lipinski definition) is 1. The Kier molecular flexibility index (Phi) is 2.42. The van der Waals surface area contributed by atoms with Gasteiger partial charge in [0.2, 0.25) is 0 Å². The van der Waals surface area contributed by atoms with Crippen LogP contribution in [0.1, 0.15) is 24.2 Å². The summed E-state index contributed by atoms with van der Waals surface area (Å²) in [5.41, 5.74) is 0.114. The van der Waals surface area contributed by atoms with Crippen LogP contribution in [0.25, 0.3) is 0 Å². The van der Waals surface area contributed by atoms with E-state index in [1.807, 2.05) is 19.9 Å². The number of thioether (sulfide) groups is 1. The predicted octanol–water partition coefficient (Wildman–Crippen LogP) is 2.17. The molecule has 1 aliphatic heterocycles. The molecule has 0 atom stereocenters. The van der Waals surface area contributed by atoms with Crippen LogP contribution >= 0.6 is 11.8 Å². The smallest absolute Gasteiger partial charge is 0.377 e. The molecule has 0 saturated carbocycles. The van der Waals surface area contributed by atoms with Gasteiger partial charge in [0.05, 0.1) is 10.5 Å². The first-order valence-electron chi connectivity index (χ1n) is 4.69. The van der Waals surface area contributed by atoms with Crippen molar-refractivity contribution in [3.05, 3.63) is 23.8 Å². The van der Waals surface area contributed by atoms with Crippen molar-refractivity contribution >= 4 is 23.5 Å². The molecule has 5 heteroatoms. The number of fused-ring (bicyclic) bond motifs is 1. The molecule has 1 aromatic carbocycles. The first-order valence-corrected chi connectivity index (χ1v) is 5.51. The summed E-state index contributed by atoms with van der Waals surface area (Å²) in [7, 11) is 0. The van der Waals surface area contributed by atoms with Gasteiger partial charge in [0, 0.05) is 0 Å². The van der Waals surface area contributed by atoms with E-state index in [0.29, 0.717) is 5.75 Å². The van der Waals surface area contributed by atoms with E-state index in [0.717, 1.165) is 4.90 Å². The number of ether oxygens (including phenoxy) is 1. The maximum absolute atomic E-state index is 11.4. The van der Waals surface area contributed by atoms with Gasteiger partial charge in [0.25, 0.3) is 5.78 Å². The normalized spacial score (nSPS) is 16.4. The third-order valence-corrected chi connectivity index (χ3v) is 3.24. The minimum absolute atomic E-state index is 0.114. The van der Waals surface area contributed by atoms with Crippen LogP contribution in [0.2, 0.25) is 0 Å². The quantitative estimate of drug-likeness (QED) is 0.632. The van der Waals surface area contributed by atoms with E-state index in [2.05, 4.69) is 0 Å². The highest BCUT2D eigenvalue weighted by Gasteiger charge is 2.35. The third-order valence-electron chi connectivity index (χ3n) is 2.12. The van der Waals surface area contributed by atoms with E-state index in [9.17, 15) is 9.59 Å². The molecule has 0 spiro atoms. The van der Waals surface area contributed by atoms with Crippen molar-refractivity contribution in [3.8, 4) is 5.75 Å². The Hall–Kier alpha value is -1.49. The zero-order valence-corrected chi connectivity index (χ0v) is 9.63. The van der Waals surface area contributed by atoms with Gasteiger partial charge in [-0.3, -0.25) is 4.79 Å². The molecule has 0 aliphatic carbocycles. The molecule has 0 unspecified atom stereocenters. The van der Waals surface area contributed by atoms with Crippen LogP contribution in [0.4, 0.5) is 0 Å². The topological polar surface area (TPSA) is 63.6 Å². The second-order valence-corrected chi connectivity index (χ2v) is 5.50. The highest BCUT2D eigenvalue weighted by atomic mass is 32.2. The van der Waals surface area contributed by atoms with Crippen molar-refractivity contribution in [2.45, 2.75) is 23.7 Å². The Morgan fingerprint density at radius 1 is 1.38 bits per heavy atom. The van der Waals surface area contributed by atoms with Crippen LogP contribution in [-0.2, 0) is 4.79 Å². The summed E-state index contributed by atoms with van der Waals surface area (Å²) in [5, 5.41) is 8.68. The van der Waals surface area contributed by atoms with Crippen molar-refractivity contribution < 1.29 is 19.4 Å². The Labute approximate surface area is 96.6 Å². The fourth-order valence-electron chi connectivity index (χ4n) is 1.53. The Morgan fingerprint density at radius 3 is 2.69 bits per heavy atom. The average Bonchev–Trinajstić information content (AvgIpc) is 2.49. The molecule has 4 nitrogen and oxygen atoms in total. The van der Waals surface area contributed by atoms with Crippen molar-refractivity contribution in [1.82, 2.24) is 0 Å². The van der Waals surface area contributed by atoms with E-state index >= 15 is 0 Å². The SMILES string of the molecule is CC1(C)Oc2c(cccc2C(=O)C(=O)O)S1. The van der Waals surface area contributed by atoms with Gasteiger partial charge in [0.15, 0.2) is 4.93 Å². The molecule has 0 bridgehead atoms. The number of Topliss-reactive ketones (excluding diaryl/α,β-unsaturated/α-hetero) is 1. The van der Waals surface area contributed by atoms with Gasteiger partial charge in [-0.05, 0) is 26.0 Å². The summed E-state index contributed by atoms with van der Waals surface area (Å²) in [6, 6.07) is 4.94. The average molecular weight is 238 g/mol. The lowest BCUT2D eigenvalue weighted by molar-refractivity contribution is -0.131. The lowest BCUT2D eigenvalue weighted by Gasteiger charge is -2.16. The fourth-order valence-corrected chi connectivity index (χ4v) is 2.57. The fraction of sp³-hybridized carbons (Fsp3) is 0.273. The highest BCUT2D eigenvalue weighted by Crippen LogP contribution is 2.48.